The van der Waals surface area contributed by atoms with Gasteiger partial charge in [0.15, 0.2) is 0 Å². The minimum Gasteiger partial charge on any atom is -0.369 e. The van der Waals surface area contributed by atoms with Gasteiger partial charge in [-0.3, -0.25) is 14.5 Å². The molecule has 0 saturated carbocycles. The number of nitrogens with zero attached hydrogens (tertiary/aromatic N) is 2. The average molecular weight is 545 g/mol. The normalized spacial score (nSPS) is 11.6. The van der Waals surface area contributed by atoms with Gasteiger partial charge in [-0.25, -0.2) is 4.98 Å². The molecule has 0 aliphatic carbocycles. The second-order valence-corrected chi connectivity index (χ2v) is 7.38. The summed E-state index contributed by atoms with van der Waals surface area (Å²) in [6.07, 6.45) is -3.63. The van der Waals surface area contributed by atoms with E-state index in [4.69, 9.17) is 0 Å². The molecule has 3 aromatic rings. The summed E-state index contributed by atoms with van der Waals surface area (Å²) in [4.78, 5) is 32.1. The first-order valence-corrected chi connectivity index (χ1v) is 10.8. The number of carbonyl (C=O) groups excluding carboxylic acids is 1. The Balaban J connectivity index is 1.49. The number of hydrogen-bond donors (Lipinski definition) is 3. The Kier molecular flexibility index (Phi) is 7.49. The zero-order valence-electron chi connectivity index (χ0n) is 16.2. The third-order valence-electron chi connectivity index (χ3n) is 4.37. The molecule has 0 bridgehead atoms. The highest BCUT2D eigenvalue weighted by atomic mass is 127. The average Bonchev–Trinajstić information content (AvgIpc) is 2.73. The van der Waals surface area contributed by atoms with E-state index in [1.165, 1.54) is 12.1 Å². The van der Waals surface area contributed by atoms with Crippen LogP contribution >= 0.6 is 22.6 Å². The first-order chi connectivity index (χ1) is 14.7. The summed E-state index contributed by atoms with van der Waals surface area (Å²) >= 11 is 2.14. The van der Waals surface area contributed by atoms with Crippen LogP contribution in [-0.4, -0.2) is 45.0 Å². The van der Waals surface area contributed by atoms with E-state index >= 15 is 0 Å². The number of rotatable bonds is 8. The lowest BCUT2D eigenvalue weighted by molar-refractivity contribution is -0.137. The van der Waals surface area contributed by atoms with Gasteiger partial charge in [-0.1, -0.05) is 22.6 Å². The van der Waals surface area contributed by atoms with Gasteiger partial charge in [0.2, 0.25) is 11.5 Å². The van der Waals surface area contributed by atoms with Crippen LogP contribution in [0.25, 0.3) is 10.9 Å². The number of anilines is 2. The molecule has 164 valence electrons. The second-order valence-electron chi connectivity index (χ2n) is 6.70. The molecule has 11 heteroatoms. The fourth-order valence-electron chi connectivity index (χ4n) is 2.82. The molecule has 0 aliphatic rings. The van der Waals surface area contributed by atoms with Gasteiger partial charge in [-0.2, -0.15) is 13.2 Å². The van der Waals surface area contributed by atoms with Crippen molar-refractivity contribution in [1.29, 1.82) is 0 Å². The lowest BCUT2D eigenvalue weighted by Crippen LogP contribution is -2.35. The van der Waals surface area contributed by atoms with Crippen molar-refractivity contribution < 1.29 is 18.0 Å². The van der Waals surface area contributed by atoms with Gasteiger partial charge in [0, 0.05) is 41.9 Å². The molecule has 0 atom stereocenters. The molecule has 0 spiro atoms. The lowest BCUT2D eigenvalue weighted by Gasteiger charge is -2.19. The van der Waals surface area contributed by atoms with Gasteiger partial charge in [-0.15, -0.1) is 0 Å². The summed E-state index contributed by atoms with van der Waals surface area (Å²) in [5.41, 5.74) is 0.304. The standard InChI is InChI=1S/C20H19F3IN5O2/c21-20(22,23)14-2-5-17(26-10-14)25-7-8-29(12-24)11-19(31)27-15-3-4-16-13(9-15)1-6-18(30)28-16/h1-6,9-10H,7-8,11-12H2,(H,25,26)(H,27,31)(H,28,30). The first kappa shape index (κ1) is 23.0. The molecule has 2 heterocycles. The Morgan fingerprint density at radius 1 is 1.16 bits per heavy atom. The summed E-state index contributed by atoms with van der Waals surface area (Å²) in [6.45, 7) is 1.06. The van der Waals surface area contributed by atoms with E-state index in [0.29, 0.717) is 34.7 Å². The van der Waals surface area contributed by atoms with Gasteiger partial charge in [0.1, 0.15) is 5.82 Å². The molecule has 3 N–H and O–H groups in total. The first-order valence-electron chi connectivity index (χ1n) is 9.23. The van der Waals surface area contributed by atoms with Crippen molar-refractivity contribution in [2.45, 2.75) is 6.18 Å². The van der Waals surface area contributed by atoms with Crippen LogP contribution in [0.1, 0.15) is 5.56 Å². The number of aromatic amines is 1. The highest BCUT2D eigenvalue weighted by Gasteiger charge is 2.30. The summed E-state index contributed by atoms with van der Waals surface area (Å²) in [5, 5.41) is 6.58. The molecular weight excluding hydrogens is 526 g/mol. The molecule has 2 aromatic heterocycles. The van der Waals surface area contributed by atoms with Gasteiger partial charge in [0.25, 0.3) is 0 Å². The van der Waals surface area contributed by atoms with Crippen LogP contribution in [0.3, 0.4) is 0 Å². The Hall–Kier alpha value is -2.67. The minimum atomic E-state index is -4.42. The van der Waals surface area contributed by atoms with Crippen molar-refractivity contribution in [3.63, 3.8) is 0 Å². The molecule has 1 aromatic carbocycles. The summed E-state index contributed by atoms with van der Waals surface area (Å²) in [7, 11) is 0. The van der Waals surface area contributed by atoms with Crippen LogP contribution in [0.5, 0.6) is 0 Å². The predicted octanol–water partition coefficient (Wildman–Crippen LogP) is 3.69. The topological polar surface area (TPSA) is 90.1 Å². The molecule has 7 nitrogen and oxygen atoms in total. The molecule has 31 heavy (non-hydrogen) atoms. The zero-order chi connectivity index (χ0) is 22.4. The zero-order valence-corrected chi connectivity index (χ0v) is 18.3. The summed E-state index contributed by atoms with van der Waals surface area (Å²) in [5.74, 6) is 0.133. The van der Waals surface area contributed by atoms with Gasteiger partial charge >= 0.3 is 6.18 Å². The Morgan fingerprint density at radius 2 is 1.97 bits per heavy atom. The lowest BCUT2D eigenvalue weighted by atomic mass is 10.2. The van der Waals surface area contributed by atoms with E-state index in [0.717, 1.165) is 17.6 Å². The van der Waals surface area contributed by atoms with Crippen LogP contribution in [0.4, 0.5) is 24.7 Å². The number of aromatic nitrogens is 2. The smallest absolute Gasteiger partial charge is 0.369 e. The fourth-order valence-corrected chi connectivity index (χ4v) is 3.41. The van der Waals surface area contributed by atoms with Crippen LogP contribution in [0.2, 0.25) is 0 Å². The summed E-state index contributed by atoms with van der Waals surface area (Å²) in [6, 6.07) is 10.6. The predicted molar refractivity (Wildman–Crippen MR) is 121 cm³/mol. The van der Waals surface area contributed by atoms with Crippen molar-refractivity contribution >= 4 is 50.9 Å². The van der Waals surface area contributed by atoms with E-state index in [-0.39, 0.29) is 18.0 Å². The molecule has 0 unspecified atom stereocenters. The van der Waals surface area contributed by atoms with Crippen molar-refractivity contribution in [2.75, 3.05) is 34.8 Å². The molecule has 0 fully saturated rings. The molecule has 3 rings (SSSR count). The van der Waals surface area contributed by atoms with E-state index in [2.05, 4.69) is 43.2 Å². The van der Waals surface area contributed by atoms with E-state index in [9.17, 15) is 22.8 Å². The van der Waals surface area contributed by atoms with Crippen molar-refractivity contribution in [3.8, 4) is 0 Å². The van der Waals surface area contributed by atoms with Crippen LogP contribution in [-0.2, 0) is 11.0 Å². The number of pyridine rings is 2. The van der Waals surface area contributed by atoms with Crippen LogP contribution in [0, 0.1) is 0 Å². The molecular formula is C20H19F3IN5O2. The van der Waals surface area contributed by atoms with Crippen molar-refractivity contribution in [2.24, 2.45) is 0 Å². The van der Waals surface area contributed by atoms with Gasteiger partial charge in [-0.05, 0) is 36.4 Å². The Labute approximate surface area is 189 Å². The molecule has 0 aliphatic heterocycles. The quantitative estimate of drug-likeness (QED) is 0.228. The number of benzene rings is 1. The third-order valence-corrected chi connectivity index (χ3v) is 5.33. The molecule has 0 saturated heterocycles. The number of fused-ring (bicyclic) bond motifs is 1. The number of carbonyl (C=O) groups is 1. The number of hydrogen-bond acceptors (Lipinski definition) is 5. The maximum absolute atomic E-state index is 12.6. The van der Waals surface area contributed by atoms with E-state index < -0.39 is 11.7 Å². The van der Waals surface area contributed by atoms with Crippen LogP contribution < -0.4 is 16.2 Å². The largest absolute Gasteiger partial charge is 0.417 e. The SMILES string of the molecule is O=C(CN(CI)CCNc1ccc(C(F)(F)F)cn1)Nc1ccc2[nH]c(=O)ccc2c1. The maximum Gasteiger partial charge on any atom is 0.417 e. The van der Waals surface area contributed by atoms with Crippen LogP contribution in [0.15, 0.2) is 53.5 Å². The molecule has 1 amide bonds. The molecule has 0 radical (unpaired) electrons. The minimum absolute atomic E-state index is 0.148. The number of amides is 1. The second kappa shape index (κ2) is 10.1. The van der Waals surface area contributed by atoms with Gasteiger partial charge < -0.3 is 15.6 Å². The number of alkyl halides is 4. The van der Waals surface area contributed by atoms with Crippen molar-refractivity contribution in [1.82, 2.24) is 14.9 Å². The Morgan fingerprint density at radius 3 is 2.65 bits per heavy atom. The highest BCUT2D eigenvalue weighted by molar-refractivity contribution is 14.1. The monoisotopic (exact) mass is 545 g/mol. The fraction of sp³-hybridized carbons (Fsp3) is 0.250. The third kappa shape index (κ3) is 6.66. The van der Waals surface area contributed by atoms with Gasteiger partial charge in [0.05, 0.1) is 16.7 Å². The summed E-state index contributed by atoms with van der Waals surface area (Å²) < 4.78 is 38.3. The van der Waals surface area contributed by atoms with E-state index in [1.54, 1.807) is 24.3 Å². The highest BCUT2D eigenvalue weighted by Crippen LogP contribution is 2.28. The number of nitrogens with one attached hydrogen (secondary N) is 3. The Bertz CT molecular complexity index is 1100. The van der Waals surface area contributed by atoms with E-state index in [1.807, 2.05) is 4.90 Å². The number of H-pyrrole nitrogens is 1. The number of halogens is 4. The maximum atomic E-state index is 12.6. The van der Waals surface area contributed by atoms with Crippen molar-refractivity contribution in [3.05, 3.63) is 64.6 Å².